The third-order valence-corrected chi connectivity index (χ3v) is 16.2. The maximum atomic E-state index is 14.3. The zero-order valence-corrected chi connectivity index (χ0v) is 35.2. The quantitative estimate of drug-likeness (QED) is 0.125. The number of aromatic nitrogens is 4. The highest BCUT2D eigenvalue weighted by atomic mass is 16.5. The van der Waals surface area contributed by atoms with Crippen LogP contribution in [-0.2, 0) is 19.1 Å². The molecule has 14 heteroatoms. The number of hydrogen-bond donors (Lipinski definition) is 4. The number of carbonyl (C=O) groups excluding carboxylic acids is 4. The van der Waals surface area contributed by atoms with E-state index in [2.05, 4.69) is 69.1 Å². The first kappa shape index (κ1) is 38.0. The lowest BCUT2D eigenvalue weighted by Gasteiger charge is -2.33. The molecule has 4 heterocycles. The third kappa shape index (κ3) is 6.66. The van der Waals surface area contributed by atoms with Crippen molar-refractivity contribution in [2.24, 2.45) is 47.3 Å². The Labute approximate surface area is 360 Å². The Bertz CT molecular complexity index is 2240. The number of aromatic amines is 2. The van der Waals surface area contributed by atoms with Crippen LogP contribution < -0.4 is 10.6 Å². The van der Waals surface area contributed by atoms with Crippen molar-refractivity contribution < 1.29 is 28.7 Å². The molecule has 8 aliphatic rings. The van der Waals surface area contributed by atoms with Crippen molar-refractivity contribution in [3.63, 3.8) is 0 Å². The number of rotatable bonds is 11. The van der Waals surface area contributed by atoms with Crippen LogP contribution in [0.25, 0.3) is 33.6 Å². The van der Waals surface area contributed by atoms with Gasteiger partial charge in [0.25, 0.3) is 0 Å². The molecule has 4 aromatic rings. The molecule has 2 aromatic carbocycles. The van der Waals surface area contributed by atoms with Gasteiger partial charge in [-0.2, -0.15) is 0 Å². The zero-order chi connectivity index (χ0) is 42.0. The van der Waals surface area contributed by atoms with E-state index >= 15 is 0 Å². The van der Waals surface area contributed by atoms with Gasteiger partial charge in [-0.3, -0.25) is 9.59 Å². The predicted molar refractivity (Wildman–Crippen MR) is 227 cm³/mol. The first-order valence-corrected chi connectivity index (χ1v) is 22.9. The average molecular weight is 839 g/mol. The minimum absolute atomic E-state index is 0.00328. The lowest BCUT2D eigenvalue weighted by molar-refractivity contribution is -0.137. The van der Waals surface area contributed by atoms with Crippen LogP contribution in [-0.4, -0.2) is 92.1 Å². The van der Waals surface area contributed by atoms with E-state index in [9.17, 15) is 19.2 Å². The molecule has 8 fully saturated rings. The van der Waals surface area contributed by atoms with Gasteiger partial charge in [-0.05, 0) is 134 Å². The van der Waals surface area contributed by atoms with Gasteiger partial charge < -0.3 is 39.9 Å². The molecule has 6 saturated carbocycles. The second kappa shape index (κ2) is 14.5. The average Bonchev–Trinajstić information content (AvgIpc) is 4.23. The standard InChI is InChI=1S/C48H54N8O6/c1-61-47(59)53-41(33-13-27-11-28(27)14-33)45(57)55-37-17-31(37)19-39(55)43-49-21-35(51-43)25-7-3-23(4-8-25)24-5-9-26(10-6-24)36-22-50-44(52-36)40-20-32-18-38(32)56(40)46(58)42(54-48(60)62-2)34-15-29-12-30(29)16-34/h3-10,21-22,27-34,37-42H,11-20H2,1-2H3,(H,49,51)(H,50,52)(H,53,59)(H,54,60)/t27-,28+,29-,30+,31-,32-,33?,34?,37-,38?,39+,40+,41?,42?/m1/s1. The van der Waals surface area contributed by atoms with Gasteiger partial charge in [-0.25, -0.2) is 19.6 Å². The summed E-state index contributed by atoms with van der Waals surface area (Å²) in [5, 5.41) is 5.85. The molecule has 62 heavy (non-hydrogen) atoms. The molecule has 2 aromatic heterocycles. The number of hydrogen-bond acceptors (Lipinski definition) is 8. The number of H-pyrrole nitrogens is 2. The van der Waals surface area contributed by atoms with Gasteiger partial charge in [0.15, 0.2) is 0 Å². The van der Waals surface area contributed by atoms with Crippen molar-refractivity contribution in [3.8, 4) is 33.6 Å². The van der Waals surface area contributed by atoms with Crippen molar-refractivity contribution in [1.82, 2.24) is 40.4 Å². The SMILES string of the molecule is COC(=O)NC(C(=O)N1C2C[C@@H]2C[C@H]1c1ncc(-c2ccc(-c3ccc(-c4cnc([C@@H]5C[C@H]6C[C@H]6N5C(=O)C(NC(=O)OC)C5C[C@@H]6C[C@@H]6C5)[nH]4)cc3)cc2)[nH]1)C1C[C@@H]2C[C@@H]2C1. The highest BCUT2D eigenvalue weighted by Crippen LogP contribution is 2.59. The minimum Gasteiger partial charge on any atom is -0.453 e. The number of piperidine rings is 2. The Balaban J connectivity index is 0.714. The van der Waals surface area contributed by atoms with Crippen molar-refractivity contribution >= 4 is 24.0 Å². The van der Waals surface area contributed by atoms with E-state index in [1.54, 1.807) is 0 Å². The summed E-state index contributed by atoms with van der Waals surface area (Å²) < 4.78 is 9.90. The lowest BCUT2D eigenvalue weighted by Crippen LogP contribution is -2.52. The molecule has 6 aliphatic carbocycles. The van der Waals surface area contributed by atoms with Gasteiger partial charge >= 0.3 is 12.2 Å². The van der Waals surface area contributed by atoms with Crippen LogP contribution in [0, 0.1) is 47.3 Å². The summed E-state index contributed by atoms with van der Waals surface area (Å²) in [6, 6.07) is 15.8. The highest BCUT2D eigenvalue weighted by molar-refractivity contribution is 5.88. The number of benzene rings is 2. The van der Waals surface area contributed by atoms with Crippen molar-refractivity contribution in [3.05, 3.63) is 72.6 Å². The summed E-state index contributed by atoms with van der Waals surface area (Å²) in [6.07, 6.45) is 12.8. The number of nitrogens with zero attached hydrogens (tertiary/aromatic N) is 4. The predicted octanol–water partition coefficient (Wildman–Crippen LogP) is 7.00. The van der Waals surface area contributed by atoms with Crippen LogP contribution in [0.2, 0.25) is 0 Å². The number of imidazole rings is 2. The van der Waals surface area contributed by atoms with Crippen LogP contribution in [0.5, 0.6) is 0 Å². The van der Waals surface area contributed by atoms with Crippen molar-refractivity contribution in [2.45, 2.75) is 100 Å². The fourth-order valence-electron chi connectivity index (χ4n) is 12.5. The van der Waals surface area contributed by atoms with Crippen LogP contribution in [0.4, 0.5) is 9.59 Å². The fourth-order valence-corrected chi connectivity index (χ4v) is 12.5. The Morgan fingerprint density at radius 1 is 0.532 bits per heavy atom. The van der Waals surface area contributed by atoms with Crippen LogP contribution >= 0.6 is 0 Å². The molecular weight excluding hydrogens is 785 g/mol. The van der Waals surface area contributed by atoms with Crippen LogP contribution in [0.3, 0.4) is 0 Å². The highest BCUT2D eigenvalue weighted by Gasteiger charge is 2.60. The number of amides is 4. The molecule has 14 nitrogen and oxygen atoms in total. The first-order chi connectivity index (χ1) is 30.2. The molecule has 5 unspecified atom stereocenters. The van der Waals surface area contributed by atoms with E-state index in [0.29, 0.717) is 35.5 Å². The summed E-state index contributed by atoms with van der Waals surface area (Å²) >= 11 is 0. The monoisotopic (exact) mass is 838 g/mol. The molecule has 0 bridgehead atoms. The van der Waals surface area contributed by atoms with Gasteiger partial charge in [0.2, 0.25) is 11.8 Å². The maximum Gasteiger partial charge on any atom is 0.407 e. The Morgan fingerprint density at radius 3 is 1.27 bits per heavy atom. The van der Waals surface area contributed by atoms with E-state index in [4.69, 9.17) is 19.4 Å². The molecule has 0 spiro atoms. The van der Waals surface area contributed by atoms with Gasteiger partial charge in [-0.1, -0.05) is 48.5 Å². The smallest absolute Gasteiger partial charge is 0.407 e. The molecule has 0 radical (unpaired) electrons. The molecule has 2 aliphatic heterocycles. The molecule has 322 valence electrons. The van der Waals surface area contributed by atoms with E-state index in [-0.39, 0.29) is 47.8 Å². The maximum absolute atomic E-state index is 14.3. The van der Waals surface area contributed by atoms with E-state index in [1.807, 2.05) is 22.2 Å². The van der Waals surface area contributed by atoms with Crippen molar-refractivity contribution in [2.75, 3.05) is 14.2 Å². The fraction of sp³-hybridized carbons (Fsp3) is 0.542. The number of alkyl carbamates (subject to hydrolysis) is 2. The zero-order valence-electron chi connectivity index (χ0n) is 35.2. The first-order valence-electron chi connectivity index (χ1n) is 22.9. The summed E-state index contributed by atoms with van der Waals surface area (Å²) in [4.78, 5) is 74.1. The minimum atomic E-state index is -0.570. The van der Waals surface area contributed by atoms with Gasteiger partial charge in [0.05, 0.1) is 50.1 Å². The second-order valence-electron chi connectivity index (χ2n) is 19.8. The normalized spacial score (nSPS) is 33.7. The van der Waals surface area contributed by atoms with Gasteiger partial charge in [0.1, 0.15) is 23.7 Å². The van der Waals surface area contributed by atoms with Gasteiger partial charge in [-0.15, -0.1) is 0 Å². The summed E-state index contributed by atoms with van der Waals surface area (Å²) in [5.74, 6) is 5.56. The van der Waals surface area contributed by atoms with E-state index in [0.717, 1.165) is 96.7 Å². The number of likely N-dealkylation sites (tertiary alicyclic amines) is 2. The molecule has 4 N–H and O–H groups in total. The molecular formula is C48H54N8O6. The third-order valence-electron chi connectivity index (χ3n) is 16.2. The largest absolute Gasteiger partial charge is 0.453 e. The van der Waals surface area contributed by atoms with E-state index in [1.165, 1.54) is 27.1 Å². The van der Waals surface area contributed by atoms with Crippen molar-refractivity contribution in [1.29, 1.82) is 0 Å². The number of ether oxygens (including phenoxy) is 2. The molecule has 14 atom stereocenters. The molecule has 4 amide bonds. The van der Waals surface area contributed by atoms with Gasteiger partial charge in [0, 0.05) is 12.1 Å². The number of carbonyl (C=O) groups is 4. The second-order valence-corrected chi connectivity index (χ2v) is 19.8. The Morgan fingerprint density at radius 2 is 0.903 bits per heavy atom. The number of fused-ring (bicyclic) bond motifs is 4. The number of methoxy groups -OCH3 is 2. The summed E-state index contributed by atoms with van der Waals surface area (Å²) in [6.45, 7) is 0. The molecule has 12 rings (SSSR count). The topological polar surface area (TPSA) is 175 Å². The lowest BCUT2D eigenvalue weighted by atomic mass is 9.93. The summed E-state index contributed by atoms with van der Waals surface area (Å²) in [5.41, 5.74) is 5.98. The molecule has 2 saturated heterocycles. The Kier molecular flexibility index (Phi) is 8.87. The Hall–Kier alpha value is -5.66. The van der Waals surface area contributed by atoms with Crippen LogP contribution in [0.15, 0.2) is 60.9 Å². The number of nitrogens with one attached hydrogen (secondary N) is 4. The van der Waals surface area contributed by atoms with Crippen LogP contribution in [0.1, 0.15) is 87.9 Å². The van der Waals surface area contributed by atoms with E-state index < -0.39 is 24.3 Å². The summed E-state index contributed by atoms with van der Waals surface area (Å²) in [7, 11) is 2.70.